The van der Waals surface area contributed by atoms with Gasteiger partial charge in [0, 0.05) is 29.7 Å². The Labute approximate surface area is 145 Å². The van der Waals surface area contributed by atoms with E-state index in [4.69, 9.17) is 4.74 Å². The molecule has 2 heterocycles. The number of aromatic nitrogens is 1. The SMILES string of the molecule is O=C(O)c1ccc2cccc(-c3cccc(N4CCOCC4)c3)c2n1. The predicted molar refractivity (Wildman–Crippen MR) is 97.2 cm³/mol. The van der Waals surface area contributed by atoms with Crippen molar-refractivity contribution < 1.29 is 14.6 Å². The van der Waals surface area contributed by atoms with Crippen LogP contribution in [0.5, 0.6) is 0 Å². The van der Waals surface area contributed by atoms with Crippen LogP contribution in [0, 0.1) is 0 Å². The normalized spacial score (nSPS) is 14.6. The Hall–Kier alpha value is -2.92. The van der Waals surface area contributed by atoms with Gasteiger partial charge in [0.15, 0.2) is 0 Å². The minimum Gasteiger partial charge on any atom is -0.477 e. The number of carbonyl (C=O) groups is 1. The minimum absolute atomic E-state index is 0.0595. The maximum atomic E-state index is 11.3. The quantitative estimate of drug-likeness (QED) is 0.795. The number of hydrogen-bond acceptors (Lipinski definition) is 4. The third-order valence-electron chi connectivity index (χ3n) is 4.47. The molecule has 5 nitrogen and oxygen atoms in total. The van der Waals surface area contributed by atoms with Crippen molar-refractivity contribution in [2.45, 2.75) is 0 Å². The second kappa shape index (κ2) is 6.53. The summed E-state index contributed by atoms with van der Waals surface area (Å²) in [6.45, 7) is 3.23. The molecule has 0 atom stereocenters. The van der Waals surface area contributed by atoms with E-state index >= 15 is 0 Å². The maximum Gasteiger partial charge on any atom is 0.354 e. The highest BCUT2D eigenvalue weighted by Crippen LogP contribution is 2.30. The third kappa shape index (κ3) is 3.06. The Morgan fingerprint density at radius 3 is 2.64 bits per heavy atom. The summed E-state index contributed by atoms with van der Waals surface area (Å²) in [5, 5.41) is 10.2. The van der Waals surface area contributed by atoms with Crippen molar-refractivity contribution in [2.75, 3.05) is 31.2 Å². The van der Waals surface area contributed by atoms with Gasteiger partial charge in [0.2, 0.25) is 0 Å². The van der Waals surface area contributed by atoms with Gasteiger partial charge in [-0.05, 0) is 23.8 Å². The van der Waals surface area contributed by atoms with Gasteiger partial charge in [-0.1, -0.05) is 36.4 Å². The zero-order chi connectivity index (χ0) is 17.2. The highest BCUT2D eigenvalue weighted by molar-refractivity contribution is 5.97. The topological polar surface area (TPSA) is 62.7 Å². The fraction of sp³-hybridized carbons (Fsp3) is 0.200. The molecule has 4 rings (SSSR count). The van der Waals surface area contributed by atoms with Crippen molar-refractivity contribution in [2.24, 2.45) is 0 Å². The first-order valence-electron chi connectivity index (χ1n) is 8.28. The van der Waals surface area contributed by atoms with Crippen molar-refractivity contribution in [1.29, 1.82) is 0 Å². The number of anilines is 1. The zero-order valence-electron chi connectivity index (χ0n) is 13.7. The molecule has 0 aliphatic carbocycles. The van der Waals surface area contributed by atoms with Gasteiger partial charge in [-0.2, -0.15) is 0 Å². The number of benzene rings is 2. The van der Waals surface area contributed by atoms with Crippen LogP contribution in [0.25, 0.3) is 22.0 Å². The summed E-state index contributed by atoms with van der Waals surface area (Å²) in [6.07, 6.45) is 0. The van der Waals surface area contributed by atoms with Gasteiger partial charge in [-0.3, -0.25) is 0 Å². The molecule has 1 aliphatic heterocycles. The molecule has 0 amide bonds. The van der Waals surface area contributed by atoms with Crippen molar-refractivity contribution in [3.05, 3.63) is 60.3 Å². The molecule has 1 N–H and O–H groups in total. The number of aromatic carboxylic acids is 1. The van der Waals surface area contributed by atoms with E-state index in [1.165, 1.54) is 0 Å². The van der Waals surface area contributed by atoms with E-state index in [9.17, 15) is 9.90 Å². The average Bonchev–Trinajstić information content (AvgIpc) is 2.68. The van der Waals surface area contributed by atoms with Crippen LogP contribution in [0.15, 0.2) is 54.6 Å². The molecule has 5 heteroatoms. The number of nitrogens with zero attached hydrogens (tertiary/aromatic N) is 2. The number of rotatable bonds is 3. The summed E-state index contributed by atoms with van der Waals surface area (Å²) in [5.74, 6) is -1.02. The van der Waals surface area contributed by atoms with Crippen LogP contribution in [0.2, 0.25) is 0 Å². The van der Waals surface area contributed by atoms with Crippen LogP contribution < -0.4 is 4.90 Å². The van der Waals surface area contributed by atoms with E-state index in [0.29, 0.717) is 5.52 Å². The Balaban J connectivity index is 1.81. The fourth-order valence-electron chi connectivity index (χ4n) is 3.19. The lowest BCUT2D eigenvalue weighted by atomic mass is 10.0. The first kappa shape index (κ1) is 15.6. The number of ether oxygens (including phenoxy) is 1. The zero-order valence-corrected chi connectivity index (χ0v) is 13.7. The minimum atomic E-state index is -1.02. The van der Waals surface area contributed by atoms with Gasteiger partial charge < -0.3 is 14.7 Å². The number of carboxylic acids is 1. The van der Waals surface area contributed by atoms with Crippen LogP contribution in [-0.2, 0) is 4.74 Å². The van der Waals surface area contributed by atoms with E-state index in [2.05, 4.69) is 22.0 Å². The van der Waals surface area contributed by atoms with Gasteiger partial charge in [-0.25, -0.2) is 9.78 Å². The van der Waals surface area contributed by atoms with E-state index < -0.39 is 5.97 Å². The van der Waals surface area contributed by atoms with Crippen molar-refractivity contribution in [3.8, 4) is 11.1 Å². The van der Waals surface area contributed by atoms with Crippen molar-refractivity contribution in [3.63, 3.8) is 0 Å². The molecule has 0 saturated carbocycles. The summed E-state index contributed by atoms with van der Waals surface area (Å²) in [5.41, 5.74) is 3.89. The predicted octanol–water partition coefficient (Wildman–Crippen LogP) is 3.44. The molecule has 0 unspecified atom stereocenters. The number of hydrogen-bond donors (Lipinski definition) is 1. The average molecular weight is 334 g/mol. The van der Waals surface area contributed by atoms with Gasteiger partial charge in [0.25, 0.3) is 0 Å². The Bertz CT molecular complexity index is 933. The molecular weight excluding hydrogens is 316 g/mol. The van der Waals surface area contributed by atoms with Crippen LogP contribution >= 0.6 is 0 Å². The Morgan fingerprint density at radius 2 is 1.84 bits per heavy atom. The van der Waals surface area contributed by atoms with E-state index in [1.54, 1.807) is 12.1 Å². The van der Waals surface area contributed by atoms with Crippen LogP contribution in [0.1, 0.15) is 10.5 Å². The fourth-order valence-corrected chi connectivity index (χ4v) is 3.19. The van der Waals surface area contributed by atoms with E-state index in [0.717, 1.165) is 48.5 Å². The van der Waals surface area contributed by atoms with Crippen LogP contribution in [-0.4, -0.2) is 42.4 Å². The number of morpholine rings is 1. The first-order valence-corrected chi connectivity index (χ1v) is 8.28. The highest BCUT2D eigenvalue weighted by Gasteiger charge is 2.14. The van der Waals surface area contributed by atoms with Crippen molar-refractivity contribution >= 4 is 22.6 Å². The smallest absolute Gasteiger partial charge is 0.354 e. The number of carboxylic acid groups (broad SMARTS) is 1. The molecule has 1 aliphatic rings. The Morgan fingerprint density at radius 1 is 1.04 bits per heavy atom. The molecular formula is C20H18N2O3. The van der Waals surface area contributed by atoms with E-state index in [-0.39, 0.29) is 5.69 Å². The van der Waals surface area contributed by atoms with Crippen molar-refractivity contribution in [1.82, 2.24) is 4.98 Å². The lowest BCUT2D eigenvalue weighted by Gasteiger charge is -2.29. The summed E-state index contributed by atoms with van der Waals surface area (Å²) in [4.78, 5) is 17.9. The summed E-state index contributed by atoms with van der Waals surface area (Å²) in [7, 11) is 0. The first-order chi connectivity index (χ1) is 12.2. The molecule has 1 saturated heterocycles. The molecule has 126 valence electrons. The Kier molecular flexibility index (Phi) is 4.07. The summed E-state index contributed by atoms with van der Waals surface area (Å²) >= 11 is 0. The van der Waals surface area contributed by atoms with E-state index in [1.807, 2.05) is 30.3 Å². The summed E-state index contributed by atoms with van der Waals surface area (Å²) in [6, 6.07) is 17.5. The lowest BCUT2D eigenvalue weighted by molar-refractivity contribution is 0.0691. The van der Waals surface area contributed by atoms with Gasteiger partial charge >= 0.3 is 5.97 Å². The monoisotopic (exact) mass is 334 g/mol. The molecule has 3 aromatic rings. The van der Waals surface area contributed by atoms with Gasteiger partial charge in [-0.15, -0.1) is 0 Å². The third-order valence-corrected chi connectivity index (χ3v) is 4.47. The molecule has 2 aromatic carbocycles. The molecule has 1 fully saturated rings. The largest absolute Gasteiger partial charge is 0.477 e. The number of fused-ring (bicyclic) bond motifs is 1. The standard InChI is InChI=1S/C20H18N2O3/c23-20(24)18-8-7-14-3-2-6-17(19(14)21-18)15-4-1-5-16(13-15)22-9-11-25-12-10-22/h1-8,13H,9-12H2,(H,23,24). The molecule has 0 radical (unpaired) electrons. The molecule has 1 aromatic heterocycles. The summed E-state index contributed by atoms with van der Waals surface area (Å²) < 4.78 is 5.42. The molecule has 0 spiro atoms. The second-order valence-corrected chi connectivity index (χ2v) is 6.03. The molecule has 25 heavy (non-hydrogen) atoms. The molecule has 0 bridgehead atoms. The van der Waals surface area contributed by atoms with Gasteiger partial charge in [0.1, 0.15) is 5.69 Å². The van der Waals surface area contributed by atoms with Crippen LogP contribution in [0.3, 0.4) is 0 Å². The second-order valence-electron chi connectivity index (χ2n) is 6.03. The number of para-hydroxylation sites is 1. The van der Waals surface area contributed by atoms with Crippen LogP contribution in [0.4, 0.5) is 5.69 Å². The highest BCUT2D eigenvalue weighted by atomic mass is 16.5. The maximum absolute atomic E-state index is 11.3. The lowest BCUT2D eigenvalue weighted by Crippen LogP contribution is -2.36. The van der Waals surface area contributed by atoms with Gasteiger partial charge in [0.05, 0.1) is 18.7 Å². The number of pyridine rings is 1.